The van der Waals surface area contributed by atoms with Crippen molar-refractivity contribution in [1.29, 1.82) is 0 Å². The van der Waals surface area contributed by atoms with E-state index in [1.54, 1.807) is 7.05 Å². The number of hydrogen-bond acceptors (Lipinski definition) is 3. The molecule has 0 radical (unpaired) electrons. The summed E-state index contributed by atoms with van der Waals surface area (Å²) in [6.45, 7) is 2.51. The maximum Gasteiger partial charge on any atom is 0.0848 e. The van der Waals surface area contributed by atoms with Crippen LogP contribution in [0.15, 0.2) is 0 Å². The van der Waals surface area contributed by atoms with Crippen molar-refractivity contribution in [2.45, 2.75) is 18.9 Å². The van der Waals surface area contributed by atoms with Crippen molar-refractivity contribution in [3.8, 4) is 0 Å². The third-order valence-corrected chi connectivity index (χ3v) is 9.22. The van der Waals surface area contributed by atoms with E-state index in [-0.39, 0.29) is 6.10 Å². The highest BCUT2D eigenvalue weighted by Gasteiger charge is 2.35. The maximum absolute atomic E-state index is 12.3. The minimum atomic E-state index is -2.19. The Hall–Kier alpha value is 0.300. The highest BCUT2D eigenvalue weighted by Crippen LogP contribution is 2.49. The molecule has 6 heteroatoms. The Kier molecular flexibility index (Phi) is 4.13. The van der Waals surface area contributed by atoms with Crippen LogP contribution in [-0.2, 0) is 19.4 Å². The molecule has 0 aromatic heterocycles. The molecule has 2 aliphatic rings. The quantitative estimate of drug-likeness (QED) is 0.585. The molecule has 1 unspecified atom stereocenters. The fourth-order valence-corrected chi connectivity index (χ4v) is 6.73. The van der Waals surface area contributed by atoms with E-state index < -0.39 is 17.3 Å². The third-order valence-electron chi connectivity index (χ3n) is 4.14. The van der Waals surface area contributed by atoms with Gasteiger partial charge in [0.1, 0.15) is 0 Å². The van der Waals surface area contributed by atoms with Crippen molar-refractivity contribution in [3.05, 3.63) is 0 Å². The summed E-state index contributed by atoms with van der Waals surface area (Å²) in [5.41, 5.74) is 0. The first-order valence-corrected chi connectivity index (χ1v) is 11.0. The third kappa shape index (κ3) is 3.40. The Labute approximate surface area is 105 Å². The molecule has 17 heavy (non-hydrogen) atoms. The predicted octanol–water partition coefficient (Wildman–Crippen LogP) is 0.939. The Morgan fingerprint density at radius 2 is 2.00 bits per heavy atom. The van der Waals surface area contributed by atoms with Gasteiger partial charge >= 0.3 is 0 Å². The Morgan fingerprint density at radius 3 is 2.59 bits per heavy atom. The summed E-state index contributed by atoms with van der Waals surface area (Å²) in [6, 6.07) is 0. The molecular weight excluding hydrogens is 257 g/mol. The van der Waals surface area contributed by atoms with Gasteiger partial charge in [0.2, 0.25) is 0 Å². The van der Waals surface area contributed by atoms with Gasteiger partial charge in [-0.05, 0) is 32.5 Å². The van der Waals surface area contributed by atoms with E-state index in [4.69, 9.17) is 4.74 Å². The van der Waals surface area contributed by atoms with Crippen LogP contribution in [-0.4, -0.2) is 54.5 Å². The zero-order valence-electron chi connectivity index (χ0n) is 10.7. The SMILES string of the molecule is CN[SH]1(=O)CCOC(C2CCP(C)(=O)CC2)C1. The molecule has 1 N–H and O–H groups in total. The van der Waals surface area contributed by atoms with Crippen LogP contribution in [0.2, 0.25) is 0 Å². The molecule has 102 valence electrons. The molecule has 2 heterocycles. The highest BCUT2D eigenvalue weighted by atomic mass is 32.3. The molecule has 4 nitrogen and oxygen atoms in total. The van der Waals surface area contributed by atoms with Gasteiger partial charge in [0.15, 0.2) is 0 Å². The van der Waals surface area contributed by atoms with Crippen LogP contribution in [0.3, 0.4) is 0 Å². The first-order valence-electron chi connectivity index (χ1n) is 6.38. The molecule has 0 aromatic carbocycles. The monoisotopic (exact) mass is 281 g/mol. The summed E-state index contributed by atoms with van der Waals surface area (Å²) < 4.78 is 33.0. The van der Waals surface area contributed by atoms with E-state index in [1.165, 1.54) is 0 Å². The van der Waals surface area contributed by atoms with Gasteiger partial charge in [0.25, 0.3) is 0 Å². The second kappa shape index (κ2) is 5.12. The average molecular weight is 281 g/mol. The second-order valence-electron chi connectivity index (χ2n) is 5.51. The van der Waals surface area contributed by atoms with Gasteiger partial charge in [-0.1, -0.05) is 10.1 Å². The summed E-state index contributed by atoms with van der Waals surface area (Å²) in [4.78, 5) is 0. The van der Waals surface area contributed by atoms with Crippen LogP contribution < -0.4 is 4.72 Å². The van der Waals surface area contributed by atoms with E-state index in [1.807, 2.05) is 6.66 Å². The van der Waals surface area contributed by atoms with Gasteiger partial charge in [-0.2, -0.15) is 0 Å². The number of rotatable bonds is 2. The van der Waals surface area contributed by atoms with E-state index in [0.29, 0.717) is 24.0 Å². The molecule has 2 fully saturated rings. The molecule has 0 amide bonds. The molecule has 1 atom stereocenters. The molecule has 2 rings (SSSR count). The van der Waals surface area contributed by atoms with Crippen molar-refractivity contribution >= 4 is 17.3 Å². The first-order chi connectivity index (χ1) is 7.94. The lowest BCUT2D eigenvalue weighted by atomic mass is 9.97. The normalized spacial score (nSPS) is 44.1. The molecule has 0 spiro atoms. The number of ether oxygens (including phenoxy) is 1. The molecule has 0 saturated carbocycles. The minimum Gasteiger partial charge on any atom is -0.376 e. The zero-order chi connectivity index (χ0) is 12.5. The van der Waals surface area contributed by atoms with Gasteiger partial charge in [0, 0.05) is 23.8 Å². The lowest BCUT2D eigenvalue weighted by molar-refractivity contribution is 0.0264. The van der Waals surface area contributed by atoms with Gasteiger partial charge in [-0.15, -0.1) is 0 Å². The standard InChI is InChI=1S/C11H24NO3PS/c1-12-17(14)8-5-15-11(9-17)10-3-6-16(2,13)7-4-10/h10-11,17H,3-9H2,1-2H3,(H,12,14). The van der Waals surface area contributed by atoms with Crippen molar-refractivity contribution in [1.82, 2.24) is 4.72 Å². The van der Waals surface area contributed by atoms with E-state index in [2.05, 4.69) is 4.72 Å². The lowest BCUT2D eigenvalue weighted by Crippen LogP contribution is -2.49. The van der Waals surface area contributed by atoms with Gasteiger partial charge in [-0.25, -0.2) is 0 Å². The van der Waals surface area contributed by atoms with Crippen molar-refractivity contribution in [3.63, 3.8) is 0 Å². The molecule has 0 aliphatic carbocycles. The zero-order valence-corrected chi connectivity index (χ0v) is 12.5. The fraction of sp³-hybridized carbons (Fsp3) is 1.00. The lowest BCUT2D eigenvalue weighted by Gasteiger charge is -2.39. The largest absolute Gasteiger partial charge is 0.376 e. The van der Waals surface area contributed by atoms with Crippen LogP contribution in [0, 0.1) is 5.92 Å². The summed E-state index contributed by atoms with van der Waals surface area (Å²) >= 11 is 0. The minimum absolute atomic E-state index is 0.113. The van der Waals surface area contributed by atoms with Gasteiger partial charge in [-0.3, -0.25) is 8.93 Å². The summed E-state index contributed by atoms with van der Waals surface area (Å²) in [5, 5.41) is 0. The smallest absolute Gasteiger partial charge is 0.0848 e. The van der Waals surface area contributed by atoms with E-state index in [0.717, 1.165) is 25.2 Å². The fourth-order valence-electron chi connectivity index (χ4n) is 2.78. The Morgan fingerprint density at radius 1 is 1.35 bits per heavy atom. The summed E-state index contributed by atoms with van der Waals surface area (Å²) in [7, 11) is -2.27. The molecule has 0 bridgehead atoms. The molecular formula is C11H24NO3PS. The number of nitrogens with one attached hydrogen (secondary N) is 1. The Bertz CT molecular complexity index is 362. The predicted molar refractivity (Wildman–Crippen MR) is 74.1 cm³/mol. The average Bonchev–Trinajstić information content (AvgIpc) is 2.29. The van der Waals surface area contributed by atoms with Crippen molar-refractivity contribution in [2.75, 3.05) is 44.1 Å². The number of thiol groups is 1. The van der Waals surface area contributed by atoms with Crippen molar-refractivity contribution < 1.29 is 13.5 Å². The van der Waals surface area contributed by atoms with Crippen LogP contribution >= 0.6 is 7.14 Å². The van der Waals surface area contributed by atoms with E-state index in [9.17, 15) is 8.77 Å². The van der Waals surface area contributed by atoms with E-state index >= 15 is 0 Å². The van der Waals surface area contributed by atoms with Crippen LogP contribution in [0.4, 0.5) is 0 Å². The van der Waals surface area contributed by atoms with Crippen LogP contribution in [0.5, 0.6) is 0 Å². The highest BCUT2D eigenvalue weighted by molar-refractivity contribution is 8.01. The molecule has 0 aromatic rings. The molecule has 2 saturated heterocycles. The summed E-state index contributed by atoms with van der Waals surface area (Å²) in [5.74, 6) is 1.76. The topological polar surface area (TPSA) is 55.4 Å². The second-order valence-corrected chi connectivity index (χ2v) is 12.0. The first kappa shape index (κ1) is 13.7. The maximum atomic E-state index is 12.3. The summed E-state index contributed by atoms with van der Waals surface area (Å²) in [6.07, 6.45) is 3.73. The molecule has 2 aliphatic heterocycles. The number of hydrogen-bond donors (Lipinski definition) is 2. The van der Waals surface area contributed by atoms with Crippen LogP contribution in [0.25, 0.3) is 0 Å². The van der Waals surface area contributed by atoms with Gasteiger partial charge in [0.05, 0.1) is 19.9 Å². The van der Waals surface area contributed by atoms with Crippen molar-refractivity contribution in [2.24, 2.45) is 5.92 Å². The van der Waals surface area contributed by atoms with Gasteiger partial charge < -0.3 is 9.30 Å². The van der Waals surface area contributed by atoms with Crippen LogP contribution in [0.1, 0.15) is 12.8 Å². The Balaban J connectivity index is 1.95.